The van der Waals surface area contributed by atoms with E-state index in [2.05, 4.69) is 15.9 Å². The van der Waals surface area contributed by atoms with E-state index in [9.17, 15) is 13.2 Å². The van der Waals surface area contributed by atoms with Crippen LogP contribution in [0.5, 0.6) is 5.75 Å². The summed E-state index contributed by atoms with van der Waals surface area (Å²) < 4.78 is 30.6. The second-order valence-corrected chi connectivity index (χ2v) is 10.1. The van der Waals surface area contributed by atoms with Gasteiger partial charge in [-0.15, -0.1) is 0 Å². The van der Waals surface area contributed by atoms with Crippen LogP contribution in [0.25, 0.3) is 0 Å². The van der Waals surface area contributed by atoms with Gasteiger partial charge in [-0.3, -0.25) is 4.79 Å². The van der Waals surface area contributed by atoms with Gasteiger partial charge in [0.25, 0.3) is 5.91 Å². The number of nitrogens with zero attached hydrogens (tertiary/aromatic N) is 1. The molecule has 5 nitrogen and oxygen atoms in total. The normalized spacial score (nSPS) is 18.0. The van der Waals surface area contributed by atoms with Crippen molar-refractivity contribution in [2.75, 3.05) is 18.1 Å². The van der Waals surface area contributed by atoms with Gasteiger partial charge < -0.3 is 9.64 Å². The highest BCUT2D eigenvalue weighted by Crippen LogP contribution is 2.24. The second-order valence-electron chi connectivity index (χ2n) is 7.00. The van der Waals surface area contributed by atoms with Crippen molar-refractivity contribution in [1.82, 2.24) is 4.90 Å². The van der Waals surface area contributed by atoms with Crippen molar-refractivity contribution in [3.8, 4) is 5.75 Å². The van der Waals surface area contributed by atoms with Crippen molar-refractivity contribution >= 4 is 31.7 Å². The summed E-state index contributed by atoms with van der Waals surface area (Å²) in [5.41, 5.74) is 1.46. The van der Waals surface area contributed by atoms with Crippen LogP contribution >= 0.6 is 15.9 Å². The smallest absolute Gasteiger partial charge is 0.254 e. The van der Waals surface area contributed by atoms with E-state index in [1.165, 1.54) is 0 Å². The molecular weight excluding hydrogens is 442 g/mol. The highest BCUT2D eigenvalue weighted by molar-refractivity contribution is 9.10. The Morgan fingerprint density at radius 2 is 2.00 bits per heavy atom. The van der Waals surface area contributed by atoms with E-state index in [0.29, 0.717) is 30.9 Å². The standard InChI is InChI=1S/C21H24BrNO4S/c1-2-10-27-20-8-4-6-17(13-20)21(24)23(19-9-11-28(25,26)15-19)14-16-5-3-7-18(22)12-16/h3-8,12-13,19H,2,9-11,14-15H2,1H3/t19-/m1/s1. The van der Waals surface area contributed by atoms with Crippen LogP contribution in [-0.2, 0) is 16.4 Å². The minimum Gasteiger partial charge on any atom is -0.494 e. The molecule has 1 fully saturated rings. The molecule has 0 aromatic heterocycles. The molecule has 0 bridgehead atoms. The molecule has 0 unspecified atom stereocenters. The molecule has 1 saturated heterocycles. The van der Waals surface area contributed by atoms with Crippen LogP contribution in [0.1, 0.15) is 35.7 Å². The number of amides is 1. The molecule has 1 aliphatic heterocycles. The monoisotopic (exact) mass is 465 g/mol. The summed E-state index contributed by atoms with van der Waals surface area (Å²) in [6.07, 6.45) is 1.35. The van der Waals surface area contributed by atoms with Gasteiger partial charge >= 0.3 is 0 Å². The minimum absolute atomic E-state index is 0.0127. The molecule has 0 aliphatic carbocycles. The third kappa shape index (κ3) is 5.35. The summed E-state index contributed by atoms with van der Waals surface area (Å²) in [5, 5.41) is 0. The molecule has 0 saturated carbocycles. The van der Waals surface area contributed by atoms with Crippen LogP contribution in [0.3, 0.4) is 0 Å². The van der Waals surface area contributed by atoms with Crippen molar-refractivity contribution in [3.05, 3.63) is 64.1 Å². The van der Waals surface area contributed by atoms with E-state index in [1.807, 2.05) is 37.3 Å². The molecule has 0 N–H and O–H groups in total. The summed E-state index contributed by atoms with van der Waals surface area (Å²) >= 11 is 3.45. The Hall–Kier alpha value is -1.86. The van der Waals surface area contributed by atoms with E-state index >= 15 is 0 Å². The number of ether oxygens (including phenoxy) is 1. The average molecular weight is 466 g/mol. The molecule has 2 aromatic rings. The number of rotatable bonds is 7. The maximum Gasteiger partial charge on any atom is 0.254 e. The lowest BCUT2D eigenvalue weighted by Gasteiger charge is -2.29. The number of hydrogen-bond donors (Lipinski definition) is 0. The highest BCUT2D eigenvalue weighted by Gasteiger charge is 2.35. The summed E-state index contributed by atoms with van der Waals surface area (Å²) in [6, 6.07) is 14.5. The predicted molar refractivity (Wildman–Crippen MR) is 113 cm³/mol. The average Bonchev–Trinajstić information content (AvgIpc) is 3.03. The first kappa shape index (κ1) is 20.9. The van der Waals surface area contributed by atoms with Crippen LogP contribution in [0.2, 0.25) is 0 Å². The SMILES string of the molecule is CCCOc1cccc(C(=O)N(Cc2cccc(Br)c2)[C@@H]2CCS(=O)(=O)C2)c1. The maximum atomic E-state index is 13.3. The van der Waals surface area contributed by atoms with Crippen molar-refractivity contribution in [1.29, 1.82) is 0 Å². The molecule has 1 amide bonds. The lowest BCUT2D eigenvalue weighted by molar-refractivity contribution is 0.0680. The summed E-state index contributed by atoms with van der Waals surface area (Å²) in [6.45, 7) is 2.97. The van der Waals surface area contributed by atoms with Gasteiger partial charge in [0.15, 0.2) is 9.84 Å². The van der Waals surface area contributed by atoms with Gasteiger partial charge in [0.05, 0.1) is 18.1 Å². The van der Waals surface area contributed by atoms with Gasteiger partial charge in [-0.25, -0.2) is 8.42 Å². The summed E-state index contributed by atoms with van der Waals surface area (Å²) in [5.74, 6) is 0.608. The number of hydrogen-bond acceptors (Lipinski definition) is 4. The molecule has 0 radical (unpaired) electrons. The molecule has 150 valence electrons. The van der Waals surface area contributed by atoms with Crippen molar-refractivity contribution in [2.24, 2.45) is 0 Å². The third-order valence-corrected chi connectivity index (χ3v) is 6.95. The molecule has 1 heterocycles. The second kappa shape index (κ2) is 9.09. The van der Waals surface area contributed by atoms with E-state index in [4.69, 9.17) is 4.74 Å². The van der Waals surface area contributed by atoms with Crippen molar-refractivity contribution in [3.63, 3.8) is 0 Å². The molecule has 3 rings (SSSR count). The summed E-state index contributed by atoms with van der Waals surface area (Å²) in [7, 11) is -3.10. The number of carbonyl (C=O) groups excluding carboxylic acids is 1. The molecule has 1 aliphatic rings. The van der Waals surface area contributed by atoms with Crippen molar-refractivity contribution in [2.45, 2.75) is 32.4 Å². The van der Waals surface area contributed by atoms with E-state index in [1.54, 1.807) is 23.1 Å². The Bertz CT molecular complexity index is 945. The molecule has 1 atom stereocenters. The predicted octanol–water partition coefficient (Wildman–Crippen LogP) is 4.07. The molecule has 7 heteroatoms. The Labute approximate surface area is 174 Å². The number of benzene rings is 2. The number of carbonyl (C=O) groups is 1. The van der Waals surface area contributed by atoms with Crippen LogP contribution < -0.4 is 4.74 Å². The topological polar surface area (TPSA) is 63.7 Å². The number of sulfone groups is 1. The largest absolute Gasteiger partial charge is 0.494 e. The Morgan fingerprint density at radius 3 is 2.68 bits per heavy atom. The van der Waals surface area contributed by atoms with E-state index < -0.39 is 9.84 Å². The quantitative estimate of drug-likeness (QED) is 0.617. The fraction of sp³-hybridized carbons (Fsp3) is 0.381. The molecule has 28 heavy (non-hydrogen) atoms. The van der Waals surface area contributed by atoms with Gasteiger partial charge in [0.1, 0.15) is 5.75 Å². The van der Waals surface area contributed by atoms with Gasteiger partial charge in [-0.1, -0.05) is 41.1 Å². The Kier molecular flexibility index (Phi) is 6.78. The maximum absolute atomic E-state index is 13.3. The zero-order chi connectivity index (χ0) is 20.1. The van der Waals surface area contributed by atoms with Gasteiger partial charge in [-0.2, -0.15) is 0 Å². The first-order chi connectivity index (χ1) is 13.4. The first-order valence-corrected chi connectivity index (χ1v) is 12.0. The fourth-order valence-corrected chi connectivity index (χ4v) is 5.50. The van der Waals surface area contributed by atoms with E-state index in [-0.39, 0.29) is 23.5 Å². The van der Waals surface area contributed by atoms with Crippen LogP contribution in [-0.4, -0.2) is 43.4 Å². The lowest BCUT2D eigenvalue weighted by atomic mass is 10.1. The zero-order valence-electron chi connectivity index (χ0n) is 15.8. The zero-order valence-corrected chi connectivity index (χ0v) is 18.2. The van der Waals surface area contributed by atoms with E-state index in [0.717, 1.165) is 16.5 Å². The molecule has 2 aromatic carbocycles. The van der Waals surface area contributed by atoms with Gasteiger partial charge in [0, 0.05) is 22.6 Å². The first-order valence-electron chi connectivity index (χ1n) is 9.36. The lowest BCUT2D eigenvalue weighted by Crippen LogP contribution is -2.40. The van der Waals surface area contributed by atoms with Gasteiger partial charge in [0.2, 0.25) is 0 Å². The number of halogens is 1. The van der Waals surface area contributed by atoms with Crippen LogP contribution in [0.4, 0.5) is 0 Å². The highest BCUT2D eigenvalue weighted by atomic mass is 79.9. The summed E-state index contributed by atoms with van der Waals surface area (Å²) in [4.78, 5) is 15.0. The van der Waals surface area contributed by atoms with Gasteiger partial charge in [-0.05, 0) is 48.7 Å². The molecular formula is C21H24BrNO4S. The van der Waals surface area contributed by atoms with Crippen molar-refractivity contribution < 1.29 is 17.9 Å². The Balaban J connectivity index is 1.88. The molecule has 0 spiro atoms. The third-order valence-electron chi connectivity index (χ3n) is 4.71. The Morgan fingerprint density at radius 1 is 1.21 bits per heavy atom. The van der Waals surface area contributed by atoms with Crippen LogP contribution in [0.15, 0.2) is 53.0 Å². The van der Waals surface area contributed by atoms with Crippen LogP contribution in [0, 0.1) is 0 Å². The minimum atomic E-state index is -3.10. The fourth-order valence-electron chi connectivity index (χ4n) is 3.32.